The molecular weight excluding hydrogens is 456 g/mol. The molecule has 2 aliphatic carbocycles. The van der Waals surface area contributed by atoms with Crippen LogP contribution >= 0.6 is 0 Å². The van der Waals surface area contributed by atoms with Crippen molar-refractivity contribution >= 4 is 0 Å². The largest absolute Gasteiger partial charge is 0.394 e. The molecule has 0 amide bonds. The minimum absolute atomic E-state index is 0.0395. The van der Waals surface area contributed by atoms with E-state index >= 15 is 0 Å². The summed E-state index contributed by atoms with van der Waals surface area (Å²) in [6.07, 6.45) is -0.0814. The monoisotopic (exact) mass is 500 g/mol. The zero-order chi connectivity index (χ0) is 26.0. The first kappa shape index (κ1) is 28.7. The lowest BCUT2D eigenvalue weighted by Gasteiger charge is -2.61. The van der Waals surface area contributed by atoms with Crippen LogP contribution in [0.5, 0.6) is 0 Å². The highest BCUT2D eigenvalue weighted by Crippen LogP contribution is 2.62. The maximum absolute atomic E-state index is 11.5. The van der Waals surface area contributed by atoms with E-state index in [1.165, 1.54) is 0 Å². The molecule has 3 rings (SSSR count). The quantitative estimate of drug-likeness (QED) is 0.220. The summed E-state index contributed by atoms with van der Waals surface area (Å²) in [4.78, 5) is 0. The van der Waals surface area contributed by atoms with Crippen molar-refractivity contribution in [2.24, 2.45) is 22.7 Å². The van der Waals surface area contributed by atoms with Crippen molar-refractivity contribution in [2.45, 2.75) is 89.7 Å². The van der Waals surface area contributed by atoms with E-state index in [0.29, 0.717) is 12.8 Å². The molecule has 0 spiro atoms. The molecule has 10 atom stereocenters. The maximum Gasteiger partial charge on any atom is 0.186 e. The predicted octanol–water partition coefficient (Wildman–Crippen LogP) is 0.244. The Bertz CT molecular complexity index is 768. The Hall–Kier alpha value is -0.880. The van der Waals surface area contributed by atoms with E-state index in [2.05, 4.69) is 19.9 Å². The zero-order valence-electron chi connectivity index (χ0n) is 21.1. The predicted molar refractivity (Wildman–Crippen MR) is 128 cm³/mol. The van der Waals surface area contributed by atoms with Gasteiger partial charge in [0, 0.05) is 5.41 Å². The zero-order valence-corrected chi connectivity index (χ0v) is 21.1. The molecule has 2 fully saturated rings. The van der Waals surface area contributed by atoms with E-state index in [-0.39, 0.29) is 37.1 Å². The van der Waals surface area contributed by atoms with Crippen LogP contribution in [0.15, 0.2) is 23.3 Å². The Kier molecular flexibility index (Phi) is 9.56. The molecule has 9 nitrogen and oxygen atoms in total. The molecule has 35 heavy (non-hydrogen) atoms. The first-order chi connectivity index (χ1) is 16.6. The highest BCUT2D eigenvalue weighted by Gasteiger charge is 2.60. The lowest BCUT2D eigenvalue weighted by Crippen LogP contribution is -2.62. The standard InChI is InChI=1S/C26H44O9/c1-15-5-4-6-19-25(3,9-7-17(12-28)8-10-27)16(2)11-20(30)26(15,19)14-34-24-23(33)22(32)21(31)18(13-29)35-24/h5,8,16,18-24,27-33H,4,6-7,9-14H2,1-3H3/b17-8-/t16-,18-,19-,20+,21-,22+,23-,24-,25+,26+/m1/s1. The van der Waals surface area contributed by atoms with E-state index in [9.17, 15) is 35.7 Å². The Morgan fingerprint density at radius 3 is 2.49 bits per heavy atom. The van der Waals surface area contributed by atoms with Crippen molar-refractivity contribution in [3.8, 4) is 0 Å². The number of rotatable bonds is 9. The van der Waals surface area contributed by atoms with Gasteiger partial charge in [-0.15, -0.1) is 0 Å². The van der Waals surface area contributed by atoms with E-state index in [4.69, 9.17) is 9.47 Å². The van der Waals surface area contributed by atoms with Gasteiger partial charge >= 0.3 is 0 Å². The molecule has 0 unspecified atom stereocenters. The van der Waals surface area contributed by atoms with Crippen molar-refractivity contribution in [3.63, 3.8) is 0 Å². The van der Waals surface area contributed by atoms with E-state index < -0.39 is 48.8 Å². The van der Waals surface area contributed by atoms with Gasteiger partial charge in [-0.2, -0.15) is 0 Å². The second kappa shape index (κ2) is 11.7. The summed E-state index contributed by atoms with van der Waals surface area (Å²) in [6, 6.07) is 0. The average molecular weight is 501 g/mol. The van der Waals surface area contributed by atoms with Gasteiger partial charge in [-0.05, 0) is 61.9 Å². The Morgan fingerprint density at radius 2 is 1.86 bits per heavy atom. The number of aliphatic hydroxyl groups excluding tert-OH is 7. The third-order valence-corrected chi connectivity index (χ3v) is 9.26. The first-order valence-corrected chi connectivity index (χ1v) is 12.7. The molecule has 0 aromatic carbocycles. The van der Waals surface area contributed by atoms with Crippen LogP contribution in [-0.2, 0) is 9.47 Å². The van der Waals surface area contributed by atoms with Gasteiger partial charge in [-0.25, -0.2) is 0 Å². The molecule has 7 N–H and O–H groups in total. The van der Waals surface area contributed by atoms with Gasteiger partial charge < -0.3 is 45.2 Å². The van der Waals surface area contributed by atoms with E-state index in [1.54, 1.807) is 6.08 Å². The number of fused-ring (bicyclic) bond motifs is 1. The van der Waals surface area contributed by atoms with Gasteiger partial charge in [0.15, 0.2) is 6.29 Å². The summed E-state index contributed by atoms with van der Waals surface area (Å²) < 4.78 is 11.6. The molecule has 1 aliphatic heterocycles. The summed E-state index contributed by atoms with van der Waals surface area (Å²) in [5.41, 5.74) is 0.866. The summed E-state index contributed by atoms with van der Waals surface area (Å²) in [6.45, 7) is 5.64. The molecule has 0 aromatic rings. The van der Waals surface area contributed by atoms with Crippen LogP contribution in [0.1, 0.15) is 52.9 Å². The molecular formula is C26H44O9. The van der Waals surface area contributed by atoms with Gasteiger partial charge in [0.05, 0.1) is 32.5 Å². The van der Waals surface area contributed by atoms with Gasteiger partial charge in [0.25, 0.3) is 0 Å². The molecule has 0 radical (unpaired) electrons. The SMILES string of the molecule is CC1=CCC[C@@H]2[C@@](C)(CC/C(=C/CO)CO)[C@H](C)C[C@H](O)[C@@]12CO[C@@H]1O[C@H](CO)[C@@H](O)[C@H](O)[C@H]1O. The van der Waals surface area contributed by atoms with E-state index in [1.807, 2.05) is 6.92 Å². The lowest BCUT2D eigenvalue weighted by atomic mass is 9.45. The van der Waals surface area contributed by atoms with Crippen LogP contribution in [0, 0.1) is 22.7 Å². The fraction of sp³-hybridized carbons (Fsp3) is 0.846. The average Bonchev–Trinajstić information content (AvgIpc) is 2.84. The van der Waals surface area contributed by atoms with Crippen molar-refractivity contribution in [1.82, 2.24) is 0 Å². The fourth-order valence-corrected chi connectivity index (χ4v) is 6.72. The third kappa shape index (κ3) is 5.26. The summed E-state index contributed by atoms with van der Waals surface area (Å²) >= 11 is 0. The molecule has 1 heterocycles. The topological polar surface area (TPSA) is 160 Å². The number of hydrogen-bond acceptors (Lipinski definition) is 9. The molecule has 3 aliphatic rings. The molecule has 202 valence electrons. The number of ether oxygens (including phenoxy) is 2. The van der Waals surface area contributed by atoms with Crippen LogP contribution in [0.3, 0.4) is 0 Å². The van der Waals surface area contributed by atoms with Crippen LogP contribution in [0.25, 0.3) is 0 Å². The summed E-state index contributed by atoms with van der Waals surface area (Å²) in [7, 11) is 0. The minimum Gasteiger partial charge on any atom is -0.394 e. The van der Waals surface area contributed by atoms with Gasteiger partial charge in [-0.3, -0.25) is 0 Å². The minimum atomic E-state index is -1.53. The van der Waals surface area contributed by atoms with E-state index in [0.717, 1.165) is 30.4 Å². The van der Waals surface area contributed by atoms with Crippen LogP contribution < -0.4 is 0 Å². The van der Waals surface area contributed by atoms with Crippen molar-refractivity contribution < 1.29 is 45.2 Å². The highest BCUT2D eigenvalue weighted by molar-refractivity contribution is 5.25. The van der Waals surface area contributed by atoms with Crippen LogP contribution in [0.4, 0.5) is 0 Å². The van der Waals surface area contributed by atoms with Gasteiger partial charge in [-0.1, -0.05) is 31.6 Å². The van der Waals surface area contributed by atoms with Crippen molar-refractivity contribution in [3.05, 3.63) is 23.3 Å². The Morgan fingerprint density at radius 1 is 1.14 bits per heavy atom. The van der Waals surface area contributed by atoms with Crippen molar-refractivity contribution in [2.75, 3.05) is 26.4 Å². The fourth-order valence-electron chi connectivity index (χ4n) is 6.72. The highest BCUT2D eigenvalue weighted by atomic mass is 16.7. The van der Waals surface area contributed by atoms with Crippen molar-refractivity contribution in [1.29, 1.82) is 0 Å². The molecule has 1 saturated carbocycles. The number of allylic oxidation sites excluding steroid dienone is 1. The second-order valence-electron chi connectivity index (χ2n) is 10.9. The molecule has 9 heteroatoms. The van der Waals surface area contributed by atoms with Gasteiger partial charge in [0.1, 0.15) is 24.4 Å². The Balaban J connectivity index is 1.89. The molecule has 1 saturated heterocycles. The first-order valence-electron chi connectivity index (χ1n) is 12.7. The Labute approximate surface area is 207 Å². The smallest absolute Gasteiger partial charge is 0.186 e. The van der Waals surface area contributed by atoms with Crippen LogP contribution in [0.2, 0.25) is 0 Å². The number of hydrogen-bond donors (Lipinski definition) is 7. The number of aliphatic hydroxyl groups is 7. The van der Waals surface area contributed by atoms with Crippen LogP contribution in [-0.4, -0.2) is 99.0 Å². The maximum atomic E-state index is 11.5. The summed E-state index contributed by atoms with van der Waals surface area (Å²) in [5.74, 6) is 0.237. The molecule has 0 bridgehead atoms. The second-order valence-corrected chi connectivity index (χ2v) is 10.9. The third-order valence-electron chi connectivity index (χ3n) is 9.26. The normalized spacial score (nSPS) is 44.6. The van der Waals surface area contributed by atoms with Gasteiger partial charge in [0.2, 0.25) is 0 Å². The molecule has 0 aromatic heterocycles. The lowest BCUT2D eigenvalue weighted by molar-refractivity contribution is -0.312. The summed E-state index contributed by atoms with van der Waals surface area (Å²) in [5, 5.41) is 70.7.